The van der Waals surface area contributed by atoms with E-state index >= 15 is 0 Å². The first-order valence-corrected chi connectivity index (χ1v) is 4.87. The lowest BCUT2D eigenvalue weighted by atomic mass is 10.1. The Morgan fingerprint density at radius 3 is 2.13 bits per heavy atom. The normalized spacial score (nSPS) is 10.1. The van der Waals surface area contributed by atoms with Gasteiger partial charge in [-0.2, -0.15) is 0 Å². The molecule has 86 valence electrons. The summed E-state index contributed by atoms with van der Waals surface area (Å²) in [5, 5.41) is 8.46. The van der Waals surface area contributed by atoms with Crippen LogP contribution < -0.4 is 0 Å². The first-order valence-electron chi connectivity index (χ1n) is 4.87. The molecule has 0 bridgehead atoms. The van der Waals surface area contributed by atoms with E-state index in [-0.39, 0.29) is 31.2 Å². The van der Waals surface area contributed by atoms with Gasteiger partial charge in [-0.3, -0.25) is 19.3 Å². The summed E-state index contributed by atoms with van der Waals surface area (Å²) >= 11 is 0. The Bertz CT molecular complexity index is 260. The molecule has 1 N–H and O–H groups in total. The summed E-state index contributed by atoms with van der Waals surface area (Å²) in [6.07, 6.45) is 0.0581. The van der Waals surface area contributed by atoms with Crippen molar-refractivity contribution in [1.82, 2.24) is 4.90 Å². The zero-order chi connectivity index (χ0) is 12.0. The Balaban J connectivity index is 4.32. The van der Waals surface area contributed by atoms with Crippen LogP contribution in [-0.2, 0) is 14.4 Å². The number of aliphatic carboxylic acids is 1. The van der Waals surface area contributed by atoms with Crippen LogP contribution in [0.1, 0.15) is 33.6 Å². The molecule has 0 saturated heterocycles. The van der Waals surface area contributed by atoms with Gasteiger partial charge in [0, 0.05) is 19.9 Å². The van der Waals surface area contributed by atoms with Crippen LogP contribution in [0.3, 0.4) is 0 Å². The fourth-order valence-electron chi connectivity index (χ4n) is 1.12. The molecule has 0 rings (SSSR count). The van der Waals surface area contributed by atoms with Crippen molar-refractivity contribution < 1.29 is 19.5 Å². The van der Waals surface area contributed by atoms with Crippen molar-refractivity contribution in [2.45, 2.75) is 33.6 Å². The molecule has 0 atom stereocenters. The quantitative estimate of drug-likeness (QED) is 0.738. The third-order valence-corrected chi connectivity index (χ3v) is 1.81. The average Bonchev–Trinajstić information content (AvgIpc) is 2.01. The van der Waals surface area contributed by atoms with E-state index in [2.05, 4.69) is 0 Å². The Morgan fingerprint density at radius 2 is 1.80 bits per heavy atom. The third kappa shape index (κ3) is 5.83. The number of hydrogen-bond donors (Lipinski definition) is 1. The Morgan fingerprint density at radius 1 is 1.27 bits per heavy atom. The number of rotatable bonds is 5. The number of amides is 2. The van der Waals surface area contributed by atoms with Gasteiger partial charge in [0.25, 0.3) is 0 Å². The van der Waals surface area contributed by atoms with Crippen LogP contribution >= 0.6 is 0 Å². The topological polar surface area (TPSA) is 74.7 Å². The molecule has 0 aromatic heterocycles. The monoisotopic (exact) mass is 215 g/mol. The first-order chi connectivity index (χ1) is 6.84. The highest BCUT2D eigenvalue weighted by molar-refractivity contribution is 5.94. The van der Waals surface area contributed by atoms with Gasteiger partial charge in [-0.25, -0.2) is 0 Å². The Hall–Kier alpha value is -1.39. The predicted molar refractivity (Wildman–Crippen MR) is 54.1 cm³/mol. The predicted octanol–water partition coefficient (Wildman–Crippen LogP) is 0.882. The van der Waals surface area contributed by atoms with Crippen LogP contribution in [0.15, 0.2) is 0 Å². The van der Waals surface area contributed by atoms with E-state index in [4.69, 9.17) is 5.11 Å². The fraction of sp³-hybridized carbons (Fsp3) is 0.700. The molecule has 0 heterocycles. The van der Waals surface area contributed by atoms with Gasteiger partial charge in [-0.05, 0) is 5.92 Å². The largest absolute Gasteiger partial charge is 0.481 e. The van der Waals surface area contributed by atoms with E-state index in [1.807, 2.05) is 13.8 Å². The summed E-state index contributed by atoms with van der Waals surface area (Å²) in [6.45, 7) is 4.96. The first kappa shape index (κ1) is 13.6. The SMILES string of the molecule is CC(=O)N(CCC(=O)O)C(=O)CC(C)C. The zero-order valence-corrected chi connectivity index (χ0v) is 9.32. The number of carboxylic acids is 1. The molecule has 0 saturated carbocycles. The second-order valence-electron chi connectivity index (χ2n) is 3.81. The molecule has 0 aliphatic rings. The number of carboxylic acid groups (broad SMARTS) is 1. The van der Waals surface area contributed by atoms with Gasteiger partial charge in [-0.1, -0.05) is 13.8 Å². The summed E-state index contributed by atoms with van der Waals surface area (Å²) in [5.41, 5.74) is 0. The van der Waals surface area contributed by atoms with Crippen molar-refractivity contribution in [3.63, 3.8) is 0 Å². The molecule has 0 aromatic carbocycles. The average molecular weight is 215 g/mol. The standard InChI is InChI=1S/C10H17NO4/c1-7(2)6-9(13)11(8(3)12)5-4-10(14)15/h7H,4-6H2,1-3H3,(H,14,15). The van der Waals surface area contributed by atoms with Crippen molar-refractivity contribution in [3.8, 4) is 0 Å². The van der Waals surface area contributed by atoms with Crippen LogP contribution in [0.4, 0.5) is 0 Å². The Kier molecular flexibility index (Phi) is 5.59. The van der Waals surface area contributed by atoms with E-state index in [1.165, 1.54) is 6.92 Å². The van der Waals surface area contributed by atoms with Gasteiger partial charge >= 0.3 is 5.97 Å². The van der Waals surface area contributed by atoms with E-state index < -0.39 is 11.9 Å². The molecule has 0 unspecified atom stereocenters. The maximum atomic E-state index is 11.5. The lowest BCUT2D eigenvalue weighted by molar-refractivity contribution is -0.145. The number of nitrogens with zero attached hydrogens (tertiary/aromatic N) is 1. The lowest BCUT2D eigenvalue weighted by Gasteiger charge is -2.19. The minimum Gasteiger partial charge on any atom is -0.481 e. The van der Waals surface area contributed by atoms with Crippen LogP contribution in [0.5, 0.6) is 0 Å². The summed E-state index contributed by atoms with van der Waals surface area (Å²) in [5.74, 6) is -1.57. The molecular formula is C10H17NO4. The van der Waals surface area contributed by atoms with Crippen molar-refractivity contribution in [1.29, 1.82) is 0 Å². The number of carbonyl (C=O) groups is 3. The maximum Gasteiger partial charge on any atom is 0.305 e. The molecule has 0 radical (unpaired) electrons. The maximum absolute atomic E-state index is 11.5. The highest BCUT2D eigenvalue weighted by Gasteiger charge is 2.19. The highest BCUT2D eigenvalue weighted by atomic mass is 16.4. The van der Waals surface area contributed by atoms with E-state index in [9.17, 15) is 14.4 Å². The number of hydrogen-bond acceptors (Lipinski definition) is 3. The van der Waals surface area contributed by atoms with E-state index in [1.54, 1.807) is 0 Å². The van der Waals surface area contributed by atoms with Gasteiger partial charge in [-0.15, -0.1) is 0 Å². The Labute approximate surface area is 89.1 Å². The molecule has 0 aliphatic carbocycles. The minimum absolute atomic E-state index is 0.0454. The van der Waals surface area contributed by atoms with Crippen molar-refractivity contribution in [3.05, 3.63) is 0 Å². The van der Waals surface area contributed by atoms with E-state index in [0.29, 0.717) is 0 Å². The van der Waals surface area contributed by atoms with Crippen molar-refractivity contribution >= 4 is 17.8 Å². The molecule has 15 heavy (non-hydrogen) atoms. The van der Waals surface area contributed by atoms with Crippen molar-refractivity contribution in [2.75, 3.05) is 6.54 Å². The summed E-state index contributed by atoms with van der Waals surface area (Å²) in [4.78, 5) is 33.9. The van der Waals surface area contributed by atoms with Crippen LogP contribution in [0.2, 0.25) is 0 Å². The smallest absolute Gasteiger partial charge is 0.305 e. The summed E-state index contributed by atoms with van der Waals surface area (Å²) in [6, 6.07) is 0. The molecule has 2 amide bonds. The second kappa shape index (κ2) is 6.16. The van der Waals surface area contributed by atoms with Gasteiger partial charge < -0.3 is 5.11 Å². The molecule has 0 fully saturated rings. The minimum atomic E-state index is -1.02. The molecule has 0 aromatic rings. The third-order valence-electron chi connectivity index (χ3n) is 1.81. The van der Waals surface area contributed by atoms with Gasteiger partial charge in [0.15, 0.2) is 0 Å². The van der Waals surface area contributed by atoms with Crippen LogP contribution in [-0.4, -0.2) is 34.3 Å². The molecular weight excluding hydrogens is 198 g/mol. The van der Waals surface area contributed by atoms with E-state index in [0.717, 1.165) is 4.90 Å². The summed E-state index contributed by atoms with van der Waals surface area (Å²) in [7, 11) is 0. The molecule has 5 heteroatoms. The van der Waals surface area contributed by atoms with Crippen LogP contribution in [0.25, 0.3) is 0 Å². The zero-order valence-electron chi connectivity index (χ0n) is 9.32. The number of carbonyl (C=O) groups excluding carboxylic acids is 2. The lowest BCUT2D eigenvalue weighted by Crippen LogP contribution is -2.37. The molecule has 5 nitrogen and oxygen atoms in total. The van der Waals surface area contributed by atoms with Gasteiger partial charge in [0.05, 0.1) is 6.42 Å². The van der Waals surface area contributed by atoms with Crippen molar-refractivity contribution in [2.24, 2.45) is 5.92 Å². The highest BCUT2D eigenvalue weighted by Crippen LogP contribution is 2.05. The van der Waals surface area contributed by atoms with Gasteiger partial charge in [0.2, 0.25) is 11.8 Å². The molecule has 0 aliphatic heterocycles. The van der Waals surface area contributed by atoms with Crippen LogP contribution in [0, 0.1) is 5.92 Å². The van der Waals surface area contributed by atoms with Gasteiger partial charge in [0.1, 0.15) is 0 Å². The fourth-order valence-corrected chi connectivity index (χ4v) is 1.12. The second-order valence-corrected chi connectivity index (χ2v) is 3.81. The summed E-state index contributed by atoms with van der Waals surface area (Å²) < 4.78 is 0. The number of imide groups is 1. The molecule has 0 spiro atoms.